The number of nitrogens with two attached hydrogens (primary N) is 1. The van der Waals surface area contributed by atoms with Crippen molar-refractivity contribution in [3.05, 3.63) is 0 Å². The predicted molar refractivity (Wildman–Crippen MR) is 92.4 cm³/mol. The number of rotatable bonds is 7. The molecule has 0 aromatic carbocycles. The van der Waals surface area contributed by atoms with E-state index in [-0.39, 0.29) is 18.6 Å². The number of nitrogens with one attached hydrogen (secondary N) is 1. The van der Waals surface area contributed by atoms with E-state index in [9.17, 15) is 9.82 Å². The smallest absolute Gasteiger partial charge is 0.426 e. The third-order valence-electron chi connectivity index (χ3n) is 6.20. The summed E-state index contributed by atoms with van der Waals surface area (Å²) in [6.45, 7) is 11.0. The van der Waals surface area contributed by atoms with Crippen LogP contribution in [0.25, 0.3) is 0 Å². The van der Waals surface area contributed by atoms with Crippen LogP contribution in [-0.2, 0) is 9.45 Å². The normalized spacial score (nSPS) is 33.0. The summed E-state index contributed by atoms with van der Waals surface area (Å²) in [6.07, 6.45) is 3.03. The molecule has 1 amide bonds. The highest BCUT2D eigenvalue weighted by Gasteiger charge is 2.57. The van der Waals surface area contributed by atoms with Gasteiger partial charge in [-0.3, -0.25) is 4.79 Å². The van der Waals surface area contributed by atoms with Crippen LogP contribution in [0.1, 0.15) is 53.9 Å². The van der Waals surface area contributed by atoms with Gasteiger partial charge in [0.15, 0.2) is 0 Å². The van der Waals surface area contributed by atoms with Crippen molar-refractivity contribution in [2.24, 2.45) is 34.8 Å². The molecular formula is C17H33BN2O3. The van der Waals surface area contributed by atoms with Gasteiger partial charge in [-0.05, 0) is 48.3 Å². The Morgan fingerprint density at radius 1 is 1.43 bits per heavy atom. The molecule has 0 aromatic rings. The lowest BCUT2D eigenvalue weighted by Crippen LogP contribution is -2.59. The average molecular weight is 324 g/mol. The minimum absolute atomic E-state index is 0.0700. The first kappa shape index (κ1) is 18.7. The van der Waals surface area contributed by atoms with Crippen LogP contribution in [0.2, 0.25) is 0 Å². The Labute approximate surface area is 140 Å². The van der Waals surface area contributed by atoms with Gasteiger partial charge >= 0.3 is 7.12 Å². The highest BCUT2D eigenvalue weighted by atomic mass is 16.5. The van der Waals surface area contributed by atoms with Crippen molar-refractivity contribution < 1.29 is 14.5 Å². The molecule has 2 bridgehead atoms. The van der Waals surface area contributed by atoms with E-state index in [0.717, 1.165) is 6.42 Å². The van der Waals surface area contributed by atoms with E-state index in [1.807, 2.05) is 0 Å². The Morgan fingerprint density at radius 2 is 2.09 bits per heavy atom. The second-order valence-electron chi connectivity index (χ2n) is 8.53. The number of fused-ring (bicyclic) bond motifs is 2. The Kier molecular flexibility index (Phi) is 5.80. The monoisotopic (exact) mass is 324 g/mol. The van der Waals surface area contributed by atoms with E-state index in [4.69, 9.17) is 10.4 Å². The number of hydrogen-bond acceptors (Lipinski definition) is 4. The van der Waals surface area contributed by atoms with Gasteiger partial charge in [0, 0.05) is 6.10 Å². The molecule has 0 aromatic heterocycles. The molecule has 3 fully saturated rings. The molecule has 0 radical (unpaired) electrons. The van der Waals surface area contributed by atoms with Gasteiger partial charge in [0.25, 0.3) is 0 Å². The van der Waals surface area contributed by atoms with Crippen LogP contribution in [0, 0.1) is 29.1 Å². The molecule has 3 aliphatic carbocycles. The van der Waals surface area contributed by atoms with E-state index in [1.54, 1.807) is 0 Å². The van der Waals surface area contributed by atoms with Crippen molar-refractivity contribution in [2.75, 3.05) is 6.54 Å². The Bertz CT molecular complexity index is 430. The lowest BCUT2D eigenvalue weighted by Gasteiger charge is -2.62. The minimum atomic E-state index is -0.971. The fraction of sp³-hybridized carbons (Fsp3) is 0.941. The van der Waals surface area contributed by atoms with E-state index < -0.39 is 13.1 Å². The molecule has 3 aliphatic rings. The summed E-state index contributed by atoms with van der Waals surface area (Å²) in [7, 11) is -0.971. The summed E-state index contributed by atoms with van der Waals surface area (Å²) in [5, 5.41) is 13.3. The highest BCUT2D eigenvalue weighted by Crippen LogP contribution is 2.61. The van der Waals surface area contributed by atoms with E-state index in [0.29, 0.717) is 35.5 Å². The van der Waals surface area contributed by atoms with Gasteiger partial charge in [0.05, 0.1) is 12.5 Å². The Morgan fingerprint density at radius 3 is 2.57 bits per heavy atom. The molecule has 5 atom stereocenters. The predicted octanol–water partition coefficient (Wildman–Crippen LogP) is 1.58. The molecule has 3 saturated carbocycles. The zero-order valence-corrected chi connectivity index (χ0v) is 15.2. The maximum absolute atomic E-state index is 11.6. The number of carbonyl (C=O) groups is 1. The van der Waals surface area contributed by atoms with Crippen molar-refractivity contribution in [2.45, 2.75) is 65.9 Å². The second-order valence-corrected chi connectivity index (χ2v) is 8.53. The first-order chi connectivity index (χ1) is 10.7. The minimum Gasteiger partial charge on any atom is -0.426 e. The first-order valence-electron chi connectivity index (χ1n) is 8.99. The Hall–Kier alpha value is -0.585. The van der Waals surface area contributed by atoms with E-state index in [1.165, 1.54) is 6.42 Å². The first-order valence-corrected chi connectivity index (χ1v) is 8.99. The molecule has 3 rings (SSSR count). The van der Waals surface area contributed by atoms with Crippen molar-refractivity contribution in [1.82, 2.24) is 5.32 Å². The van der Waals surface area contributed by atoms with Gasteiger partial charge in [0.2, 0.25) is 5.91 Å². The van der Waals surface area contributed by atoms with Crippen molar-refractivity contribution >= 4 is 13.0 Å². The van der Waals surface area contributed by atoms with Crippen molar-refractivity contribution in [3.8, 4) is 0 Å². The zero-order chi connectivity index (χ0) is 17.4. The van der Waals surface area contributed by atoms with Gasteiger partial charge in [-0.15, -0.1) is 0 Å². The standard InChI is InChI=1S/C17H33BN2O3/c1-10(2)6-15(20-16(21)9-19)18(22)23-14-8-12-7-13(11(14)3)17(12,4)5/h10-15,22H,6-9,19H2,1-5H3,(H,20,21)/t11-,12+,13?,14?,15+/m1/s1. The summed E-state index contributed by atoms with van der Waals surface area (Å²) in [5.41, 5.74) is 5.78. The van der Waals surface area contributed by atoms with Crippen LogP contribution >= 0.6 is 0 Å². The van der Waals surface area contributed by atoms with Crippen molar-refractivity contribution in [3.63, 3.8) is 0 Å². The maximum Gasteiger partial charge on any atom is 0.478 e. The molecule has 0 heterocycles. The molecule has 132 valence electrons. The molecule has 4 N–H and O–H groups in total. The molecule has 0 aliphatic heterocycles. The second kappa shape index (κ2) is 7.12. The van der Waals surface area contributed by atoms with Gasteiger partial charge in [0.1, 0.15) is 0 Å². The number of hydrogen-bond donors (Lipinski definition) is 3. The number of amides is 1. The lowest BCUT2D eigenvalue weighted by molar-refractivity contribution is -0.151. The highest BCUT2D eigenvalue weighted by molar-refractivity contribution is 6.45. The largest absolute Gasteiger partial charge is 0.478 e. The Balaban J connectivity index is 1.95. The average Bonchev–Trinajstić information content (AvgIpc) is 2.47. The van der Waals surface area contributed by atoms with Crippen LogP contribution in [-0.4, -0.2) is 36.6 Å². The zero-order valence-electron chi connectivity index (χ0n) is 15.2. The summed E-state index contributed by atoms with van der Waals surface area (Å²) in [5.74, 6) is 1.49. The molecule has 2 unspecified atom stereocenters. The van der Waals surface area contributed by atoms with Crippen LogP contribution < -0.4 is 11.1 Å². The summed E-state index contributed by atoms with van der Waals surface area (Å²) in [6, 6.07) is 0. The van der Waals surface area contributed by atoms with Crippen LogP contribution in [0.15, 0.2) is 0 Å². The van der Waals surface area contributed by atoms with E-state index in [2.05, 4.69) is 39.9 Å². The van der Waals surface area contributed by atoms with Gasteiger partial charge in [-0.1, -0.05) is 34.6 Å². The summed E-state index contributed by atoms with van der Waals surface area (Å²) >= 11 is 0. The van der Waals surface area contributed by atoms with E-state index >= 15 is 0 Å². The molecule has 0 saturated heterocycles. The molecule has 0 spiro atoms. The van der Waals surface area contributed by atoms with Crippen LogP contribution in [0.4, 0.5) is 0 Å². The maximum atomic E-state index is 11.6. The lowest BCUT2D eigenvalue weighted by atomic mass is 9.45. The topological polar surface area (TPSA) is 84.6 Å². The van der Waals surface area contributed by atoms with Crippen molar-refractivity contribution in [1.29, 1.82) is 0 Å². The third kappa shape index (κ3) is 3.91. The van der Waals surface area contributed by atoms with Gasteiger partial charge in [-0.25, -0.2) is 0 Å². The number of carbonyl (C=O) groups excluding carboxylic acids is 1. The molecule has 23 heavy (non-hydrogen) atoms. The van der Waals surface area contributed by atoms with Crippen LogP contribution in [0.5, 0.6) is 0 Å². The van der Waals surface area contributed by atoms with Crippen LogP contribution in [0.3, 0.4) is 0 Å². The molecule has 6 heteroatoms. The summed E-state index contributed by atoms with van der Waals surface area (Å²) < 4.78 is 6.01. The molecular weight excluding hydrogens is 291 g/mol. The quantitative estimate of drug-likeness (QED) is 0.621. The fourth-order valence-electron chi connectivity index (χ4n) is 4.58. The van der Waals surface area contributed by atoms with Gasteiger partial charge < -0.3 is 20.7 Å². The third-order valence-corrected chi connectivity index (χ3v) is 6.20. The van der Waals surface area contributed by atoms with Gasteiger partial charge in [-0.2, -0.15) is 0 Å². The fourth-order valence-corrected chi connectivity index (χ4v) is 4.58. The SMILES string of the molecule is CC(C)C[C@H](NC(=O)CN)B(O)OC1C[C@@H]2CC([C@H]1C)C2(C)C. The summed E-state index contributed by atoms with van der Waals surface area (Å²) in [4.78, 5) is 11.6. The molecule has 5 nitrogen and oxygen atoms in total.